The Kier molecular flexibility index (Phi) is 0.802. The highest BCUT2D eigenvalue weighted by molar-refractivity contribution is 8.15. The van der Waals surface area contributed by atoms with Crippen molar-refractivity contribution in [2.75, 3.05) is 0 Å². The molecular weight excluding hydrogens is 172 g/mol. The lowest BCUT2D eigenvalue weighted by Crippen LogP contribution is -2.17. The Morgan fingerprint density at radius 1 is 1.44 bits per heavy atom. The average molecular weight is 177 g/mol. The zero-order valence-electron chi connectivity index (χ0n) is 4.58. The lowest BCUT2D eigenvalue weighted by Gasteiger charge is -2.03. The van der Waals surface area contributed by atoms with Gasteiger partial charge in [-0.25, -0.2) is 0 Å². The van der Waals surface area contributed by atoms with Crippen molar-refractivity contribution in [3.8, 4) is 0 Å². The van der Waals surface area contributed by atoms with E-state index in [2.05, 4.69) is 12.2 Å². The Labute approximate surface area is 67.4 Å². The second kappa shape index (κ2) is 1.34. The fourth-order valence-electron chi connectivity index (χ4n) is 1.36. The number of hydrogen-bond donors (Lipinski definition) is 0. The first-order chi connectivity index (χ1) is 4.31. The van der Waals surface area contributed by atoms with Crippen molar-refractivity contribution in [1.82, 2.24) is 0 Å². The quantitative estimate of drug-likeness (QED) is 0.315. The predicted molar refractivity (Wildman–Crippen MR) is 44.3 cm³/mol. The number of fused-ring (bicyclic) bond motifs is 3. The molecule has 2 heterocycles. The van der Waals surface area contributed by atoms with E-state index in [4.69, 9.17) is 11.6 Å². The van der Waals surface area contributed by atoms with Gasteiger partial charge in [0, 0.05) is 5.25 Å². The van der Waals surface area contributed by atoms with Gasteiger partial charge in [0.15, 0.2) is 0 Å². The first-order valence-electron chi connectivity index (χ1n) is 3.01. The van der Waals surface area contributed by atoms with Crippen molar-refractivity contribution >= 4 is 35.1 Å². The van der Waals surface area contributed by atoms with E-state index in [0.29, 0.717) is 5.25 Å². The zero-order valence-corrected chi connectivity index (χ0v) is 6.97. The van der Waals surface area contributed by atoms with Crippen LogP contribution in [0.2, 0.25) is 0 Å². The van der Waals surface area contributed by atoms with E-state index >= 15 is 0 Å². The third kappa shape index (κ3) is 0.553. The van der Waals surface area contributed by atoms with Gasteiger partial charge in [-0.05, 0) is 0 Å². The van der Waals surface area contributed by atoms with E-state index in [9.17, 15) is 0 Å². The van der Waals surface area contributed by atoms with E-state index in [-0.39, 0.29) is 4.21 Å². The average Bonchev–Trinajstić information content (AvgIpc) is 2.52. The first kappa shape index (κ1) is 5.39. The standard InChI is InChI=1S/C6H5ClS2/c7-6-4(9-6)2-1-3-5(6)8-3/h1-5H. The highest BCUT2D eigenvalue weighted by Crippen LogP contribution is 2.72. The fraction of sp³-hybridized carbons (Fsp3) is 0.667. The van der Waals surface area contributed by atoms with Gasteiger partial charge in [-0.1, -0.05) is 12.2 Å². The van der Waals surface area contributed by atoms with Gasteiger partial charge >= 0.3 is 0 Å². The largest absolute Gasteiger partial charge is 0.145 e. The van der Waals surface area contributed by atoms with Crippen molar-refractivity contribution in [2.45, 2.75) is 20.0 Å². The molecule has 4 unspecified atom stereocenters. The number of alkyl halides is 1. The van der Waals surface area contributed by atoms with Crippen molar-refractivity contribution in [1.29, 1.82) is 0 Å². The normalized spacial score (nSPS) is 66.6. The molecule has 0 spiro atoms. The summed E-state index contributed by atoms with van der Waals surface area (Å²) in [5.74, 6) is 0. The molecule has 0 aromatic carbocycles. The number of hydrogen-bond acceptors (Lipinski definition) is 2. The molecule has 1 aliphatic carbocycles. The van der Waals surface area contributed by atoms with Gasteiger partial charge in [0.05, 0.1) is 10.5 Å². The lowest BCUT2D eigenvalue weighted by atomic mass is 10.1. The summed E-state index contributed by atoms with van der Waals surface area (Å²) in [7, 11) is 0. The Hall–Kier alpha value is 0.730. The topological polar surface area (TPSA) is 0 Å². The van der Waals surface area contributed by atoms with Crippen molar-refractivity contribution in [2.24, 2.45) is 0 Å². The molecule has 0 saturated carbocycles. The summed E-state index contributed by atoms with van der Waals surface area (Å²) in [6, 6.07) is 0. The van der Waals surface area contributed by atoms with Crippen molar-refractivity contribution < 1.29 is 0 Å². The smallest absolute Gasteiger partial charge is 0.119 e. The molecular formula is C6H5ClS2. The molecule has 2 aliphatic heterocycles. The second-order valence-electron chi connectivity index (χ2n) is 2.64. The van der Waals surface area contributed by atoms with Crippen LogP contribution in [0.1, 0.15) is 0 Å². The van der Waals surface area contributed by atoms with Gasteiger partial charge in [-0.2, -0.15) is 0 Å². The molecule has 9 heavy (non-hydrogen) atoms. The minimum Gasteiger partial charge on any atom is -0.145 e. The molecule has 0 radical (unpaired) electrons. The van der Waals surface area contributed by atoms with E-state index < -0.39 is 0 Å². The second-order valence-corrected chi connectivity index (χ2v) is 6.24. The zero-order chi connectivity index (χ0) is 6.06. The maximum atomic E-state index is 6.23. The number of thioether (sulfide) groups is 2. The van der Waals surface area contributed by atoms with Crippen LogP contribution in [0.5, 0.6) is 0 Å². The number of halogens is 1. The summed E-state index contributed by atoms with van der Waals surface area (Å²) in [5.41, 5.74) is 0. The third-order valence-corrected chi connectivity index (χ3v) is 5.96. The SMILES string of the molecule is ClC12SC1C=CC1SC12. The minimum atomic E-state index is 0.143. The molecule has 0 aromatic heterocycles. The van der Waals surface area contributed by atoms with Gasteiger partial charge in [-0.3, -0.25) is 0 Å². The van der Waals surface area contributed by atoms with E-state index in [0.717, 1.165) is 10.5 Å². The lowest BCUT2D eigenvalue weighted by molar-refractivity contribution is 0.872. The molecule has 0 aromatic rings. The molecule has 2 fully saturated rings. The van der Waals surface area contributed by atoms with Crippen LogP contribution < -0.4 is 0 Å². The molecule has 3 heteroatoms. The monoisotopic (exact) mass is 176 g/mol. The molecule has 48 valence electrons. The van der Waals surface area contributed by atoms with Crippen LogP contribution in [0.15, 0.2) is 12.2 Å². The Morgan fingerprint density at radius 2 is 2.33 bits per heavy atom. The maximum Gasteiger partial charge on any atom is 0.119 e. The Morgan fingerprint density at radius 3 is 3.11 bits per heavy atom. The molecule has 4 atom stereocenters. The molecule has 0 bridgehead atoms. The van der Waals surface area contributed by atoms with E-state index in [1.165, 1.54) is 0 Å². The van der Waals surface area contributed by atoms with Crippen LogP contribution >= 0.6 is 35.1 Å². The molecule has 0 amide bonds. The summed E-state index contributed by atoms with van der Waals surface area (Å²) >= 11 is 10.1. The molecule has 3 rings (SSSR count). The first-order valence-corrected chi connectivity index (χ1v) is 5.21. The maximum absolute atomic E-state index is 6.23. The third-order valence-electron chi connectivity index (χ3n) is 2.03. The van der Waals surface area contributed by atoms with Crippen LogP contribution in [0.4, 0.5) is 0 Å². The highest BCUT2D eigenvalue weighted by Gasteiger charge is 2.68. The Balaban J connectivity index is 2.06. The summed E-state index contributed by atoms with van der Waals surface area (Å²) in [5, 5.41) is 2.17. The Bertz CT molecular complexity index is 203. The number of rotatable bonds is 0. The summed E-state index contributed by atoms with van der Waals surface area (Å²) in [6.45, 7) is 0. The highest BCUT2D eigenvalue weighted by atomic mass is 35.5. The van der Waals surface area contributed by atoms with Gasteiger partial charge in [-0.15, -0.1) is 35.1 Å². The molecule has 0 nitrogen and oxygen atoms in total. The fourth-order valence-corrected chi connectivity index (χ4v) is 4.65. The van der Waals surface area contributed by atoms with Crippen LogP contribution in [0, 0.1) is 0 Å². The van der Waals surface area contributed by atoms with E-state index in [1.54, 1.807) is 0 Å². The van der Waals surface area contributed by atoms with Crippen LogP contribution in [-0.2, 0) is 0 Å². The van der Waals surface area contributed by atoms with Crippen LogP contribution in [0.25, 0.3) is 0 Å². The van der Waals surface area contributed by atoms with E-state index in [1.807, 2.05) is 23.5 Å². The predicted octanol–water partition coefficient (Wildman–Crippen LogP) is 2.09. The van der Waals surface area contributed by atoms with Crippen LogP contribution in [0.3, 0.4) is 0 Å². The van der Waals surface area contributed by atoms with Gasteiger partial charge in [0.2, 0.25) is 0 Å². The molecule has 0 N–H and O–H groups in total. The van der Waals surface area contributed by atoms with Gasteiger partial charge in [0.1, 0.15) is 4.21 Å². The molecule has 3 aliphatic rings. The van der Waals surface area contributed by atoms with Crippen LogP contribution in [-0.4, -0.2) is 20.0 Å². The summed E-state index contributed by atoms with van der Waals surface area (Å²) < 4.78 is 0.143. The minimum absolute atomic E-state index is 0.143. The van der Waals surface area contributed by atoms with Crippen molar-refractivity contribution in [3.63, 3.8) is 0 Å². The summed E-state index contributed by atoms with van der Waals surface area (Å²) in [4.78, 5) is 0. The molecule has 2 saturated heterocycles. The van der Waals surface area contributed by atoms with Crippen molar-refractivity contribution in [3.05, 3.63) is 12.2 Å². The summed E-state index contributed by atoms with van der Waals surface area (Å²) in [6.07, 6.45) is 4.57. The van der Waals surface area contributed by atoms with Gasteiger partial charge in [0.25, 0.3) is 0 Å². The van der Waals surface area contributed by atoms with Gasteiger partial charge < -0.3 is 0 Å².